The van der Waals surface area contributed by atoms with Gasteiger partial charge in [0.05, 0.1) is 11.9 Å². The molecular formula is C8H18N2O3S. The van der Waals surface area contributed by atoms with Crippen LogP contribution in [0.1, 0.15) is 19.8 Å². The summed E-state index contributed by atoms with van der Waals surface area (Å²) in [5, 5.41) is 0. The zero-order valence-corrected chi connectivity index (χ0v) is 9.22. The van der Waals surface area contributed by atoms with Crippen LogP contribution >= 0.6 is 0 Å². The van der Waals surface area contributed by atoms with Gasteiger partial charge in [-0.05, 0) is 19.8 Å². The predicted molar refractivity (Wildman–Crippen MR) is 54.4 cm³/mol. The maximum absolute atomic E-state index is 11.5. The van der Waals surface area contributed by atoms with Crippen LogP contribution in [-0.2, 0) is 14.8 Å². The van der Waals surface area contributed by atoms with E-state index in [1.54, 1.807) is 6.92 Å². The molecule has 14 heavy (non-hydrogen) atoms. The van der Waals surface area contributed by atoms with Crippen LogP contribution < -0.4 is 10.5 Å². The first kappa shape index (κ1) is 11.9. The number of sulfonamides is 1. The molecule has 6 heteroatoms. The highest BCUT2D eigenvalue weighted by Gasteiger charge is 2.23. The van der Waals surface area contributed by atoms with Crippen LogP contribution in [0.3, 0.4) is 0 Å². The molecular weight excluding hydrogens is 204 g/mol. The zero-order chi connectivity index (χ0) is 10.6. The second-order valence-corrected chi connectivity index (χ2v) is 5.47. The standard InChI is InChI=1S/C8H18N2O3S/c1-7(5-9)10-14(11,12)6-8-3-2-4-13-8/h7-8,10H,2-6,9H2,1H3. The molecule has 0 aromatic rings. The van der Waals surface area contributed by atoms with Gasteiger partial charge in [-0.3, -0.25) is 0 Å². The van der Waals surface area contributed by atoms with Gasteiger partial charge in [0.1, 0.15) is 0 Å². The third-order valence-corrected chi connectivity index (χ3v) is 3.74. The van der Waals surface area contributed by atoms with E-state index in [4.69, 9.17) is 10.5 Å². The number of nitrogens with one attached hydrogen (secondary N) is 1. The third kappa shape index (κ3) is 3.91. The molecule has 1 fully saturated rings. The summed E-state index contributed by atoms with van der Waals surface area (Å²) in [7, 11) is -3.23. The van der Waals surface area contributed by atoms with Crippen molar-refractivity contribution in [3.05, 3.63) is 0 Å². The Hall–Kier alpha value is -0.170. The molecule has 0 bridgehead atoms. The molecule has 2 unspecified atom stereocenters. The molecule has 1 heterocycles. The van der Waals surface area contributed by atoms with Crippen LogP contribution in [0.4, 0.5) is 0 Å². The minimum atomic E-state index is -3.23. The summed E-state index contributed by atoms with van der Waals surface area (Å²) in [5.74, 6) is 0.0529. The van der Waals surface area contributed by atoms with Gasteiger partial charge in [-0.25, -0.2) is 13.1 Å². The van der Waals surface area contributed by atoms with E-state index in [0.717, 1.165) is 12.8 Å². The van der Waals surface area contributed by atoms with E-state index in [-0.39, 0.29) is 17.9 Å². The maximum Gasteiger partial charge on any atom is 0.214 e. The summed E-state index contributed by atoms with van der Waals surface area (Å²) < 4.78 is 30.8. The lowest BCUT2D eigenvalue weighted by atomic mass is 10.3. The molecule has 3 N–H and O–H groups in total. The van der Waals surface area contributed by atoms with E-state index in [1.165, 1.54) is 0 Å². The van der Waals surface area contributed by atoms with Crippen molar-refractivity contribution in [3.8, 4) is 0 Å². The molecule has 1 aliphatic heterocycles. The van der Waals surface area contributed by atoms with E-state index in [0.29, 0.717) is 13.2 Å². The highest BCUT2D eigenvalue weighted by atomic mass is 32.2. The summed E-state index contributed by atoms with van der Waals surface area (Å²) in [6.07, 6.45) is 1.64. The lowest BCUT2D eigenvalue weighted by Crippen LogP contribution is -2.41. The second kappa shape index (κ2) is 5.06. The molecule has 1 aliphatic rings. The van der Waals surface area contributed by atoms with Gasteiger partial charge in [-0.2, -0.15) is 0 Å². The third-order valence-electron chi connectivity index (χ3n) is 2.16. The van der Waals surface area contributed by atoms with E-state index >= 15 is 0 Å². The van der Waals surface area contributed by atoms with E-state index in [1.807, 2.05) is 0 Å². The number of nitrogens with two attached hydrogens (primary N) is 1. The molecule has 0 saturated carbocycles. The zero-order valence-electron chi connectivity index (χ0n) is 8.40. The SMILES string of the molecule is CC(CN)NS(=O)(=O)CC1CCCO1. The Balaban J connectivity index is 2.40. The summed E-state index contributed by atoms with van der Waals surface area (Å²) >= 11 is 0. The Labute approximate surface area is 85.1 Å². The van der Waals surface area contributed by atoms with Crippen LogP contribution in [0.15, 0.2) is 0 Å². The van der Waals surface area contributed by atoms with Crippen LogP contribution in [0.25, 0.3) is 0 Å². The Morgan fingerprint density at radius 1 is 1.64 bits per heavy atom. The van der Waals surface area contributed by atoms with Gasteiger partial charge in [-0.15, -0.1) is 0 Å². The molecule has 0 radical (unpaired) electrons. The van der Waals surface area contributed by atoms with Crippen molar-refractivity contribution in [2.45, 2.75) is 31.9 Å². The van der Waals surface area contributed by atoms with Gasteiger partial charge in [-0.1, -0.05) is 0 Å². The summed E-state index contributed by atoms with van der Waals surface area (Å²) in [6.45, 7) is 2.73. The van der Waals surface area contributed by atoms with Crippen molar-refractivity contribution >= 4 is 10.0 Å². The molecule has 0 spiro atoms. The lowest BCUT2D eigenvalue weighted by molar-refractivity contribution is 0.127. The monoisotopic (exact) mass is 222 g/mol. The smallest absolute Gasteiger partial charge is 0.214 e. The van der Waals surface area contributed by atoms with Crippen molar-refractivity contribution in [3.63, 3.8) is 0 Å². The molecule has 2 atom stereocenters. The summed E-state index contributed by atoms with van der Waals surface area (Å²) in [5.41, 5.74) is 5.33. The van der Waals surface area contributed by atoms with Crippen LogP contribution in [0, 0.1) is 0 Å². The Morgan fingerprint density at radius 2 is 2.36 bits per heavy atom. The molecule has 0 aromatic heterocycles. The topological polar surface area (TPSA) is 81.4 Å². The quantitative estimate of drug-likeness (QED) is 0.653. The number of ether oxygens (including phenoxy) is 1. The van der Waals surface area contributed by atoms with Crippen molar-refractivity contribution in [2.75, 3.05) is 18.9 Å². The number of hydrogen-bond donors (Lipinski definition) is 2. The Morgan fingerprint density at radius 3 is 2.86 bits per heavy atom. The van der Waals surface area contributed by atoms with Gasteiger partial charge in [0.2, 0.25) is 10.0 Å². The van der Waals surface area contributed by atoms with E-state index < -0.39 is 10.0 Å². The highest BCUT2D eigenvalue weighted by Crippen LogP contribution is 2.13. The van der Waals surface area contributed by atoms with Crippen molar-refractivity contribution < 1.29 is 13.2 Å². The van der Waals surface area contributed by atoms with E-state index in [9.17, 15) is 8.42 Å². The first-order chi connectivity index (χ1) is 6.53. The first-order valence-corrected chi connectivity index (χ1v) is 6.50. The van der Waals surface area contributed by atoms with Gasteiger partial charge < -0.3 is 10.5 Å². The van der Waals surface area contributed by atoms with Gasteiger partial charge in [0.25, 0.3) is 0 Å². The minimum absolute atomic E-state index is 0.0529. The number of rotatable bonds is 5. The lowest BCUT2D eigenvalue weighted by Gasteiger charge is -2.14. The average molecular weight is 222 g/mol. The predicted octanol–water partition coefficient (Wildman–Crippen LogP) is -0.568. The normalized spacial score (nSPS) is 25.1. The van der Waals surface area contributed by atoms with E-state index in [2.05, 4.69) is 4.72 Å². The first-order valence-electron chi connectivity index (χ1n) is 4.85. The molecule has 0 aliphatic carbocycles. The number of hydrogen-bond acceptors (Lipinski definition) is 4. The fourth-order valence-electron chi connectivity index (χ4n) is 1.42. The molecule has 0 amide bonds. The van der Waals surface area contributed by atoms with Gasteiger partial charge >= 0.3 is 0 Å². The van der Waals surface area contributed by atoms with Crippen molar-refractivity contribution in [2.24, 2.45) is 5.73 Å². The van der Waals surface area contributed by atoms with Gasteiger partial charge in [0, 0.05) is 19.2 Å². The second-order valence-electron chi connectivity index (χ2n) is 3.67. The largest absolute Gasteiger partial charge is 0.377 e. The Kier molecular flexibility index (Phi) is 4.31. The van der Waals surface area contributed by atoms with Crippen LogP contribution in [0.2, 0.25) is 0 Å². The molecule has 1 rings (SSSR count). The highest BCUT2D eigenvalue weighted by molar-refractivity contribution is 7.89. The molecule has 0 aromatic carbocycles. The van der Waals surface area contributed by atoms with Crippen LogP contribution in [0.5, 0.6) is 0 Å². The minimum Gasteiger partial charge on any atom is -0.377 e. The fraction of sp³-hybridized carbons (Fsp3) is 1.00. The maximum atomic E-state index is 11.5. The van der Waals surface area contributed by atoms with Crippen molar-refractivity contribution in [1.29, 1.82) is 0 Å². The average Bonchev–Trinajstić information content (AvgIpc) is 2.54. The fourth-order valence-corrected chi connectivity index (χ4v) is 2.98. The van der Waals surface area contributed by atoms with Crippen LogP contribution in [-0.4, -0.2) is 39.5 Å². The molecule has 84 valence electrons. The van der Waals surface area contributed by atoms with Gasteiger partial charge in [0.15, 0.2) is 0 Å². The summed E-state index contributed by atoms with van der Waals surface area (Å²) in [6, 6.07) is -0.207. The summed E-state index contributed by atoms with van der Waals surface area (Å²) in [4.78, 5) is 0. The Bertz CT molecular complexity index is 260. The molecule has 5 nitrogen and oxygen atoms in total. The van der Waals surface area contributed by atoms with Crippen molar-refractivity contribution in [1.82, 2.24) is 4.72 Å². The molecule has 1 saturated heterocycles.